The monoisotopic (exact) mass is 285 g/mol. The van der Waals surface area contributed by atoms with Crippen LogP contribution < -0.4 is 10.1 Å². The van der Waals surface area contributed by atoms with Crippen molar-refractivity contribution in [3.05, 3.63) is 10.8 Å². The van der Waals surface area contributed by atoms with Crippen LogP contribution in [0.25, 0.3) is 0 Å². The van der Waals surface area contributed by atoms with Gasteiger partial charge in [0, 0.05) is 6.54 Å². The number of halogens is 1. The second-order valence-electron chi connectivity index (χ2n) is 3.90. The van der Waals surface area contributed by atoms with Crippen molar-refractivity contribution < 1.29 is 4.74 Å². The van der Waals surface area contributed by atoms with Crippen LogP contribution in [-0.2, 0) is 0 Å². The average Bonchev–Trinajstić information content (AvgIpc) is 2.77. The minimum atomic E-state index is 0.320. The van der Waals surface area contributed by atoms with E-state index in [9.17, 15) is 0 Å². The summed E-state index contributed by atoms with van der Waals surface area (Å²) in [6.45, 7) is 2.87. The fourth-order valence-corrected chi connectivity index (χ4v) is 2.33. The zero-order valence-corrected chi connectivity index (χ0v) is 11.0. The number of ether oxygens (including phenoxy) is 1. The highest BCUT2D eigenvalue weighted by molar-refractivity contribution is 9.10. The van der Waals surface area contributed by atoms with Crippen LogP contribution in [0, 0.1) is 0 Å². The lowest BCUT2D eigenvalue weighted by molar-refractivity contribution is 0.199. The lowest BCUT2D eigenvalue weighted by Gasteiger charge is -2.14. The first-order valence-electron chi connectivity index (χ1n) is 5.72. The smallest absolute Gasteiger partial charge is 0.233 e. The summed E-state index contributed by atoms with van der Waals surface area (Å²) in [6.07, 6.45) is 6.63. The van der Waals surface area contributed by atoms with E-state index >= 15 is 0 Å². The van der Waals surface area contributed by atoms with E-state index in [1.54, 1.807) is 0 Å². The van der Waals surface area contributed by atoms with Gasteiger partial charge in [0.05, 0.1) is 0 Å². The topological polar surface area (TPSA) is 47.0 Å². The van der Waals surface area contributed by atoms with Crippen LogP contribution in [0.3, 0.4) is 0 Å². The molecule has 5 heteroatoms. The Morgan fingerprint density at radius 3 is 2.88 bits per heavy atom. The molecule has 1 N–H and O–H groups in total. The van der Waals surface area contributed by atoms with E-state index in [1.807, 2.05) is 6.92 Å². The van der Waals surface area contributed by atoms with Gasteiger partial charge in [-0.3, -0.25) is 0 Å². The zero-order valence-electron chi connectivity index (χ0n) is 9.37. The number of hydrogen-bond donors (Lipinski definition) is 1. The Labute approximate surface area is 104 Å². The van der Waals surface area contributed by atoms with Gasteiger partial charge in [0.15, 0.2) is 0 Å². The maximum absolute atomic E-state index is 5.86. The normalized spacial score (nSPS) is 16.4. The Balaban J connectivity index is 2.10. The van der Waals surface area contributed by atoms with Crippen LogP contribution in [0.2, 0.25) is 0 Å². The minimum Gasteiger partial charge on any atom is -0.473 e. The summed E-state index contributed by atoms with van der Waals surface area (Å²) < 4.78 is 6.68. The maximum atomic E-state index is 5.86. The lowest BCUT2D eigenvalue weighted by Crippen LogP contribution is -2.13. The average molecular weight is 286 g/mol. The molecule has 2 rings (SSSR count). The van der Waals surface area contributed by atoms with Crippen molar-refractivity contribution in [3.63, 3.8) is 0 Å². The van der Waals surface area contributed by atoms with Gasteiger partial charge in [-0.25, -0.2) is 9.97 Å². The first-order valence-corrected chi connectivity index (χ1v) is 6.51. The molecule has 88 valence electrons. The largest absolute Gasteiger partial charge is 0.473 e. The fraction of sp³-hybridized carbons (Fsp3) is 0.636. The molecule has 0 amide bonds. The first kappa shape index (κ1) is 11.6. The van der Waals surface area contributed by atoms with Crippen LogP contribution in [0.15, 0.2) is 10.8 Å². The van der Waals surface area contributed by atoms with Crippen LogP contribution in [0.5, 0.6) is 5.88 Å². The standard InChI is InChI=1S/C11H16BrN3O/c1-2-13-10-9(12)11(15-7-14-10)16-8-5-3-4-6-8/h7-8H,2-6H2,1H3,(H,13,14,15). The molecule has 4 nitrogen and oxygen atoms in total. The Morgan fingerprint density at radius 1 is 1.44 bits per heavy atom. The van der Waals surface area contributed by atoms with Gasteiger partial charge in [0.2, 0.25) is 5.88 Å². The van der Waals surface area contributed by atoms with Crippen molar-refractivity contribution in [3.8, 4) is 5.88 Å². The van der Waals surface area contributed by atoms with Crippen molar-refractivity contribution in [1.82, 2.24) is 9.97 Å². The Kier molecular flexibility index (Phi) is 3.98. The molecular weight excluding hydrogens is 270 g/mol. The van der Waals surface area contributed by atoms with Gasteiger partial charge in [-0.1, -0.05) is 0 Å². The first-order chi connectivity index (χ1) is 7.81. The van der Waals surface area contributed by atoms with Crippen molar-refractivity contribution in [2.75, 3.05) is 11.9 Å². The van der Waals surface area contributed by atoms with E-state index in [2.05, 4.69) is 31.2 Å². The molecule has 16 heavy (non-hydrogen) atoms. The summed E-state index contributed by atoms with van der Waals surface area (Å²) in [5.74, 6) is 1.45. The fourth-order valence-electron chi connectivity index (χ4n) is 1.89. The van der Waals surface area contributed by atoms with Crippen molar-refractivity contribution in [2.24, 2.45) is 0 Å². The highest BCUT2D eigenvalue weighted by atomic mass is 79.9. The van der Waals surface area contributed by atoms with E-state index in [-0.39, 0.29) is 0 Å². The van der Waals surface area contributed by atoms with E-state index < -0.39 is 0 Å². The highest BCUT2D eigenvalue weighted by Crippen LogP contribution is 2.31. The van der Waals surface area contributed by atoms with Crippen molar-refractivity contribution in [2.45, 2.75) is 38.7 Å². The number of hydrogen-bond acceptors (Lipinski definition) is 4. The van der Waals surface area contributed by atoms with Gasteiger partial charge >= 0.3 is 0 Å². The van der Waals surface area contributed by atoms with E-state index in [4.69, 9.17) is 4.74 Å². The van der Waals surface area contributed by atoms with Gasteiger partial charge in [-0.2, -0.15) is 0 Å². The minimum absolute atomic E-state index is 0.320. The summed E-state index contributed by atoms with van der Waals surface area (Å²) >= 11 is 3.48. The third-order valence-electron chi connectivity index (χ3n) is 2.68. The molecule has 0 aromatic carbocycles. The van der Waals surface area contributed by atoms with Crippen LogP contribution in [-0.4, -0.2) is 22.6 Å². The summed E-state index contributed by atoms with van der Waals surface area (Å²) in [5, 5.41) is 3.16. The summed E-state index contributed by atoms with van der Waals surface area (Å²) in [6, 6.07) is 0. The Hall–Kier alpha value is -0.840. The molecule has 0 radical (unpaired) electrons. The van der Waals surface area contributed by atoms with Gasteiger partial charge in [0.25, 0.3) is 0 Å². The van der Waals surface area contributed by atoms with Crippen LogP contribution >= 0.6 is 15.9 Å². The molecule has 1 fully saturated rings. The Morgan fingerprint density at radius 2 is 2.19 bits per heavy atom. The summed E-state index contributed by atoms with van der Waals surface area (Å²) in [4.78, 5) is 8.32. The second-order valence-corrected chi connectivity index (χ2v) is 4.69. The van der Waals surface area contributed by atoms with Gasteiger partial charge in [-0.05, 0) is 48.5 Å². The van der Waals surface area contributed by atoms with Crippen molar-refractivity contribution in [1.29, 1.82) is 0 Å². The molecule has 1 aromatic rings. The molecule has 1 aliphatic rings. The molecule has 1 aromatic heterocycles. The van der Waals surface area contributed by atoms with E-state index in [1.165, 1.54) is 19.2 Å². The predicted molar refractivity (Wildman–Crippen MR) is 66.8 cm³/mol. The lowest BCUT2D eigenvalue weighted by atomic mass is 10.3. The molecule has 0 bridgehead atoms. The molecule has 0 spiro atoms. The number of nitrogens with one attached hydrogen (secondary N) is 1. The van der Waals surface area contributed by atoms with Crippen LogP contribution in [0.1, 0.15) is 32.6 Å². The molecule has 1 aliphatic carbocycles. The molecule has 0 saturated heterocycles. The molecule has 0 atom stereocenters. The zero-order chi connectivity index (χ0) is 11.4. The SMILES string of the molecule is CCNc1ncnc(OC2CCCC2)c1Br. The number of anilines is 1. The third-order valence-corrected chi connectivity index (χ3v) is 3.40. The third kappa shape index (κ3) is 2.64. The molecule has 1 heterocycles. The number of rotatable bonds is 4. The highest BCUT2D eigenvalue weighted by Gasteiger charge is 2.19. The maximum Gasteiger partial charge on any atom is 0.233 e. The number of nitrogens with zero attached hydrogens (tertiary/aromatic N) is 2. The van der Waals surface area contributed by atoms with Crippen molar-refractivity contribution >= 4 is 21.7 Å². The van der Waals surface area contributed by atoms with Crippen LogP contribution in [0.4, 0.5) is 5.82 Å². The van der Waals surface area contributed by atoms with E-state index in [0.29, 0.717) is 12.0 Å². The quantitative estimate of drug-likeness (QED) is 0.924. The molecule has 0 unspecified atom stereocenters. The number of aromatic nitrogens is 2. The van der Waals surface area contributed by atoms with Gasteiger partial charge in [-0.15, -0.1) is 0 Å². The molecular formula is C11H16BrN3O. The summed E-state index contributed by atoms with van der Waals surface area (Å²) in [5.41, 5.74) is 0. The van der Waals surface area contributed by atoms with Gasteiger partial charge in [0.1, 0.15) is 22.7 Å². The predicted octanol–water partition coefficient (Wildman–Crippen LogP) is 2.99. The molecule has 0 aliphatic heterocycles. The molecule has 1 saturated carbocycles. The van der Waals surface area contributed by atoms with E-state index in [0.717, 1.165) is 29.7 Å². The second kappa shape index (κ2) is 5.48. The summed E-state index contributed by atoms with van der Waals surface area (Å²) in [7, 11) is 0. The van der Waals surface area contributed by atoms with Gasteiger partial charge < -0.3 is 10.1 Å². The Bertz CT molecular complexity index is 353.